The van der Waals surface area contributed by atoms with Crippen LogP contribution in [0, 0.1) is 5.82 Å². The Balaban J connectivity index is 2.64. The monoisotopic (exact) mass is 187 g/mol. The summed E-state index contributed by atoms with van der Waals surface area (Å²) in [5.74, 6) is 0.0450. The van der Waals surface area contributed by atoms with Crippen molar-refractivity contribution in [2.75, 3.05) is 6.61 Å². The zero-order chi connectivity index (χ0) is 8.72. The van der Waals surface area contributed by atoms with E-state index in [9.17, 15) is 4.39 Å². The van der Waals surface area contributed by atoms with Gasteiger partial charge in [-0.3, -0.25) is 0 Å². The van der Waals surface area contributed by atoms with Crippen LogP contribution in [0.5, 0.6) is 5.75 Å². The van der Waals surface area contributed by atoms with E-state index >= 15 is 0 Å². The van der Waals surface area contributed by atoms with E-state index in [0.717, 1.165) is 0 Å². The summed E-state index contributed by atoms with van der Waals surface area (Å²) in [5, 5.41) is 0.416. The lowest BCUT2D eigenvalue weighted by Crippen LogP contribution is -2.11. The van der Waals surface area contributed by atoms with Crippen LogP contribution in [0.2, 0.25) is 5.02 Å². The molecule has 2 rings (SSSR count). The molecule has 1 heterocycles. The molecule has 0 aromatic heterocycles. The van der Waals surface area contributed by atoms with Crippen molar-refractivity contribution in [3.05, 3.63) is 28.5 Å². The second kappa shape index (κ2) is 2.61. The van der Waals surface area contributed by atoms with Crippen molar-refractivity contribution < 1.29 is 9.13 Å². The van der Waals surface area contributed by atoms with E-state index in [0.29, 0.717) is 22.9 Å². The molecule has 12 heavy (non-hydrogen) atoms. The summed E-state index contributed by atoms with van der Waals surface area (Å²) in [5.41, 5.74) is 5.98. The van der Waals surface area contributed by atoms with E-state index in [2.05, 4.69) is 0 Å². The Hall–Kier alpha value is -0.800. The molecule has 64 valence electrons. The van der Waals surface area contributed by atoms with Crippen molar-refractivity contribution in [3.8, 4) is 5.75 Å². The average molecular weight is 188 g/mol. The predicted octanol–water partition coefficient (Wildman–Crippen LogP) is 1.87. The van der Waals surface area contributed by atoms with Gasteiger partial charge in [-0.1, -0.05) is 11.6 Å². The second-order valence-electron chi connectivity index (χ2n) is 2.69. The zero-order valence-electron chi connectivity index (χ0n) is 6.18. The van der Waals surface area contributed by atoms with Gasteiger partial charge in [0, 0.05) is 0 Å². The lowest BCUT2D eigenvalue weighted by molar-refractivity contribution is 0.333. The Labute approximate surface area is 74.1 Å². The van der Waals surface area contributed by atoms with E-state index in [1.54, 1.807) is 0 Å². The summed E-state index contributed by atoms with van der Waals surface area (Å²) in [7, 11) is 0. The minimum absolute atomic E-state index is 0.302. The Morgan fingerprint density at radius 2 is 2.33 bits per heavy atom. The maximum absolute atomic E-state index is 13.1. The van der Waals surface area contributed by atoms with Crippen LogP contribution in [-0.4, -0.2) is 6.61 Å². The third-order valence-corrected chi connectivity index (χ3v) is 2.17. The first-order valence-corrected chi connectivity index (χ1v) is 3.94. The number of fused-ring (bicyclic) bond motifs is 1. The van der Waals surface area contributed by atoms with Crippen molar-refractivity contribution in [1.82, 2.24) is 0 Å². The van der Waals surface area contributed by atoms with Crippen LogP contribution in [-0.2, 0) is 0 Å². The molecule has 4 heteroatoms. The summed E-state index contributed by atoms with van der Waals surface area (Å²) in [6.45, 7) is 0.302. The highest BCUT2D eigenvalue weighted by Crippen LogP contribution is 2.38. The Morgan fingerprint density at radius 3 is 3.00 bits per heavy atom. The summed E-state index contributed by atoms with van der Waals surface area (Å²) >= 11 is 5.76. The molecule has 2 N–H and O–H groups in total. The number of ether oxygens (including phenoxy) is 1. The molecule has 1 atom stereocenters. The number of nitrogens with two attached hydrogens (primary N) is 1. The average Bonchev–Trinajstić information content (AvgIpc) is 2.42. The summed E-state index contributed by atoms with van der Waals surface area (Å²) < 4.78 is 18.2. The van der Waals surface area contributed by atoms with Gasteiger partial charge in [-0.15, -0.1) is 0 Å². The number of hydrogen-bond acceptors (Lipinski definition) is 2. The van der Waals surface area contributed by atoms with E-state index < -0.39 is 6.04 Å². The van der Waals surface area contributed by atoms with Gasteiger partial charge in [0.05, 0.1) is 16.6 Å². The molecule has 1 aromatic carbocycles. The summed E-state index contributed by atoms with van der Waals surface area (Å²) in [6, 6.07) is 2.38. The molecule has 0 unspecified atom stereocenters. The minimum atomic E-state index is -0.390. The fraction of sp³-hybridized carbons (Fsp3) is 0.250. The third kappa shape index (κ3) is 0.974. The van der Waals surface area contributed by atoms with E-state index in [-0.39, 0.29) is 5.82 Å². The predicted molar refractivity (Wildman–Crippen MR) is 43.8 cm³/mol. The van der Waals surface area contributed by atoms with Crippen LogP contribution in [0.1, 0.15) is 11.6 Å². The van der Waals surface area contributed by atoms with Gasteiger partial charge in [0.1, 0.15) is 18.2 Å². The topological polar surface area (TPSA) is 35.2 Å². The number of halogens is 2. The van der Waals surface area contributed by atoms with E-state index in [1.807, 2.05) is 0 Å². The summed E-state index contributed by atoms with van der Waals surface area (Å²) in [4.78, 5) is 0. The van der Waals surface area contributed by atoms with Gasteiger partial charge in [-0.05, 0) is 12.1 Å². The van der Waals surface area contributed by atoms with Crippen molar-refractivity contribution in [2.24, 2.45) is 5.73 Å². The Kier molecular flexibility index (Phi) is 1.70. The number of benzene rings is 1. The highest BCUT2D eigenvalue weighted by atomic mass is 35.5. The maximum atomic E-state index is 13.1. The number of rotatable bonds is 0. The molecule has 1 aromatic rings. The molecule has 1 aliphatic heterocycles. The highest BCUT2D eigenvalue weighted by Gasteiger charge is 2.26. The van der Waals surface area contributed by atoms with E-state index in [4.69, 9.17) is 22.1 Å². The second-order valence-corrected chi connectivity index (χ2v) is 3.10. The van der Waals surface area contributed by atoms with Crippen LogP contribution >= 0.6 is 11.6 Å². The fourth-order valence-electron chi connectivity index (χ4n) is 1.30. The molecule has 2 nitrogen and oxygen atoms in total. The van der Waals surface area contributed by atoms with Gasteiger partial charge in [0.15, 0.2) is 0 Å². The first kappa shape index (κ1) is 7.83. The first-order chi connectivity index (χ1) is 5.70. The smallest absolute Gasteiger partial charge is 0.145 e. The van der Waals surface area contributed by atoms with Crippen LogP contribution in [0.4, 0.5) is 4.39 Å². The Morgan fingerprint density at radius 1 is 1.58 bits per heavy atom. The van der Waals surface area contributed by atoms with Crippen LogP contribution < -0.4 is 10.5 Å². The van der Waals surface area contributed by atoms with Gasteiger partial charge < -0.3 is 10.5 Å². The van der Waals surface area contributed by atoms with E-state index in [1.165, 1.54) is 12.1 Å². The van der Waals surface area contributed by atoms with Gasteiger partial charge in [0.25, 0.3) is 0 Å². The fourth-order valence-corrected chi connectivity index (χ4v) is 1.52. The summed E-state index contributed by atoms with van der Waals surface area (Å²) in [6.07, 6.45) is 0. The molecule has 0 amide bonds. The van der Waals surface area contributed by atoms with Crippen molar-refractivity contribution in [2.45, 2.75) is 6.04 Å². The Bertz CT molecular complexity index is 329. The minimum Gasteiger partial charge on any atom is -0.490 e. The lowest BCUT2D eigenvalue weighted by atomic mass is 10.1. The van der Waals surface area contributed by atoms with Gasteiger partial charge in [-0.2, -0.15) is 0 Å². The molecule has 0 aliphatic carbocycles. The SMILES string of the molecule is N[C@H]1COc2c(Cl)ccc(F)c21. The molecule has 0 spiro atoms. The van der Waals surface area contributed by atoms with Crippen LogP contribution in [0.15, 0.2) is 12.1 Å². The lowest BCUT2D eigenvalue weighted by Gasteiger charge is -2.02. The molecule has 0 saturated heterocycles. The molecular formula is C8H7ClFNO. The van der Waals surface area contributed by atoms with Crippen molar-refractivity contribution in [3.63, 3.8) is 0 Å². The van der Waals surface area contributed by atoms with Crippen molar-refractivity contribution in [1.29, 1.82) is 0 Å². The van der Waals surface area contributed by atoms with Gasteiger partial charge >= 0.3 is 0 Å². The normalized spacial score (nSPS) is 20.4. The molecule has 0 bridgehead atoms. The quantitative estimate of drug-likeness (QED) is 0.673. The zero-order valence-corrected chi connectivity index (χ0v) is 6.94. The molecule has 0 saturated carbocycles. The molecular weight excluding hydrogens is 181 g/mol. The van der Waals surface area contributed by atoms with Crippen LogP contribution in [0.3, 0.4) is 0 Å². The third-order valence-electron chi connectivity index (χ3n) is 1.87. The van der Waals surface area contributed by atoms with Crippen molar-refractivity contribution >= 4 is 11.6 Å². The maximum Gasteiger partial charge on any atom is 0.145 e. The molecule has 1 aliphatic rings. The molecule has 0 fully saturated rings. The number of hydrogen-bond donors (Lipinski definition) is 1. The standard InChI is InChI=1S/C8H7ClFNO/c9-4-1-2-5(10)7-6(11)3-12-8(4)7/h1-2,6H,3,11H2/t6-/m0/s1. The first-order valence-electron chi connectivity index (χ1n) is 3.56. The highest BCUT2D eigenvalue weighted by molar-refractivity contribution is 6.32. The van der Waals surface area contributed by atoms with Gasteiger partial charge in [0.2, 0.25) is 0 Å². The molecule has 0 radical (unpaired) electrons. The van der Waals surface area contributed by atoms with Crippen LogP contribution in [0.25, 0.3) is 0 Å². The van der Waals surface area contributed by atoms with Gasteiger partial charge in [-0.25, -0.2) is 4.39 Å². The largest absolute Gasteiger partial charge is 0.490 e.